The molecular weight excluding hydrogens is 614 g/mol. The molecule has 48 heavy (non-hydrogen) atoms. The molecule has 0 unspecified atom stereocenters. The fourth-order valence-corrected chi connectivity index (χ4v) is 6.65. The number of aliphatic hydroxyl groups is 1. The Morgan fingerprint density at radius 3 is 2.48 bits per heavy atom. The number of fused-ring (bicyclic) bond motifs is 1. The fourth-order valence-electron chi connectivity index (χ4n) is 6.65. The fraction of sp³-hybridized carbons (Fsp3) is 0.622. The summed E-state index contributed by atoms with van der Waals surface area (Å²) in [6.07, 6.45) is 11.7. The predicted molar refractivity (Wildman–Crippen MR) is 182 cm³/mol. The van der Waals surface area contributed by atoms with Crippen molar-refractivity contribution in [1.82, 2.24) is 15.1 Å². The normalized spacial score (nSPS) is 23.1. The smallest absolute Gasteiger partial charge is 0.338 e. The average Bonchev–Trinajstić information content (AvgIpc) is 3.72. The van der Waals surface area contributed by atoms with Crippen LogP contribution in [0.1, 0.15) is 100 Å². The van der Waals surface area contributed by atoms with Crippen molar-refractivity contribution >= 4 is 29.8 Å². The number of esters is 1. The number of hydrogen-bond acceptors (Lipinski definition) is 8. The number of likely N-dealkylation sites (N-methyl/N-ethyl adjacent to an activating group) is 1. The van der Waals surface area contributed by atoms with E-state index in [9.17, 15) is 24.3 Å². The zero-order chi connectivity index (χ0) is 34.7. The number of unbranched alkanes of at least 4 members (excludes halogenated alkanes) is 4. The van der Waals surface area contributed by atoms with Gasteiger partial charge in [-0.25, -0.2) is 4.79 Å². The minimum absolute atomic E-state index is 0.119. The van der Waals surface area contributed by atoms with Crippen LogP contribution in [-0.2, 0) is 28.6 Å². The van der Waals surface area contributed by atoms with Gasteiger partial charge in [-0.05, 0) is 55.5 Å². The second-order valence-electron chi connectivity index (χ2n) is 13.2. The summed E-state index contributed by atoms with van der Waals surface area (Å²) >= 11 is 0. The molecule has 2 aliphatic heterocycles. The molecule has 2 heterocycles. The molecular formula is C37H53N3O8. The number of aliphatic hydroxyl groups excluding tert-OH is 1. The lowest BCUT2D eigenvalue weighted by molar-refractivity contribution is -0.190. The van der Waals surface area contributed by atoms with Gasteiger partial charge in [-0.2, -0.15) is 0 Å². The van der Waals surface area contributed by atoms with E-state index in [1.165, 1.54) is 11.0 Å². The molecule has 4 atom stereocenters. The SMILES string of the molecule is CCCCCC1(CCCCC)O[C@@H]2[C@@H](C=C(C(=O)N3CCC[C@@H]3C(=O)NCCO)C[C@H]2OC(=O)c2cccc(C=CC(=O)N(C)C)c2)O1. The van der Waals surface area contributed by atoms with Gasteiger partial charge in [0.05, 0.1) is 12.2 Å². The summed E-state index contributed by atoms with van der Waals surface area (Å²) in [6, 6.07) is 6.20. The van der Waals surface area contributed by atoms with Gasteiger partial charge >= 0.3 is 5.97 Å². The second kappa shape index (κ2) is 17.7. The van der Waals surface area contributed by atoms with E-state index in [1.807, 2.05) is 6.08 Å². The van der Waals surface area contributed by atoms with E-state index in [1.54, 1.807) is 49.3 Å². The van der Waals surface area contributed by atoms with Crippen molar-refractivity contribution in [1.29, 1.82) is 0 Å². The van der Waals surface area contributed by atoms with Crippen LogP contribution in [0.2, 0.25) is 0 Å². The Bertz CT molecular complexity index is 1330. The summed E-state index contributed by atoms with van der Waals surface area (Å²) in [5.74, 6) is -2.16. The van der Waals surface area contributed by atoms with Gasteiger partial charge in [-0.1, -0.05) is 51.7 Å². The molecule has 1 aromatic carbocycles. The quantitative estimate of drug-likeness (QED) is 0.151. The maximum atomic E-state index is 14.0. The Morgan fingerprint density at radius 1 is 1.08 bits per heavy atom. The molecule has 3 aliphatic rings. The highest BCUT2D eigenvalue weighted by atomic mass is 16.8. The third kappa shape index (κ3) is 9.54. The Morgan fingerprint density at radius 2 is 1.81 bits per heavy atom. The van der Waals surface area contributed by atoms with Crippen molar-refractivity contribution in [2.45, 2.75) is 115 Å². The highest BCUT2D eigenvalue weighted by Gasteiger charge is 2.53. The van der Waals surface area contributed by atoms with Gasteiger partial charge in [0.1, 0.15) is 24.4 Å². The van der Waals surface area contributed by atoms with Gasteiger partial charge in [0.15, 0.2) is 5.79 Å². The maximum Gasteiger partial charge on any atom is 0.338 e. The molecule has 0 bridgehead atoms. The first-order valence-electron chi connectivity index (χ1n) is 17.6. The van der Waals surface area contributed by atoms with Crippen LogP contribution < -0.4 is 5.32 Å². The molecule has 1 aliphatic carbocycles. The number of likely N-dealkylation sites (tertiary alicyclic amines) is 1. The van der Waals surface area contributed by atoms with Gasteiger partial charge < -0.3 is 34.4 Å². The van der Waals surface area contributed by atoms with E-state index in [4.69, 9.17) is 14.2 Å². The number of benzene rings is 1. The molecule has 0 aromatic heterocycles. The molecule has 2 fully saturated rings. The molecule has 0 spiro atoms. The monoisotopic (exact) mass is 667 g/mol. The number of rotatable bonds is 16. The highest BCUT2D eigenvalue weighted by molar-refractivity contribution is 5.98. The van der Waals surface area contributed by atoms with Crippen molar-refractivity contribution in [3.05, 3.63) is 53.1 Å². The standard InChI is InChI=1S/C37H53N3O8/c1-5-7-9-18-37(19-10-8-6-2)47-31-25-28(35(44)40-21-12-15-29(40)34(43)38-20-22-41)24-30(33(31)48-37)46-36(45)27-14-11-13-26(23-27)16-17-32(42)39(3)4/h11,13-14,16-17,23,25,29-31,33,41H,5-10,12,15,18-22,24H2,1-4H3,(H,38,43)/t29-,30-,31-,33+/m1/s1. The lowest BCUT2D eigenvalue weighted by Crippen LogP contribution is -2.49. The Hall–Kier alpha value is -3.54. The van der Waals surface area contributed by atoms with Gasteiger partial charge in [0.25, 0.3) is 0 Å². The molecule has 4 rings (SSSR count). The first-order valence-corrected chi connectivity index (χ1v) is 17.6. The van der Waals surface area contributed by atoms with Gasteiger partial charge in [0.2, 0.25) is 17.7 Å². The van der Waals surface area contributed by atoms with Crippen LogP contribution in [-0.4, -0.2) is 103 Å². The number of amides is 3. The van der Waals surface area contributed by atoms with Crippen molar-refractivity contribution in [3.63, 3.8) is 0 Å². The average molecular weight is 668 g/mol. The molecule has 0 radical (unpaired) electrons. The minimum atomic E-state index is -0.844. The van der Waals surface area contributed by atoms with Crippen LogP contribution in [0.5, 0.6) is 0 Å². The predicted octanol–water partition coefficient (Wildman–Crippen LogP) is 4.38. The summed E-state index contributed by atoms with van der Waals surface area (Å²) in [7, 11) is 3.33. The highest BCUT2D eigenvalue weighted by Crippen LogP contribution is 2.43. The lowest BCUT2D eigenvalue weighted by Gasteiger charge is -2.33. The summed E-state index contributed by atoms with van der Waals surface area (Å²) in [5.41, 5.74) is 1.41. The van der Waals surface area contributed by atoms with E-state index in [-0.39, 0.29) is 37.3 Å². The van der Waals surface area contributed by atoms with Crippen molar-refractivity contribution in [3.8, 4) is 0 Å². The van der Waals surface area contributed by atoms with Gasteiger partial charge in [0, 0.05) is 58.1 Å². The van der Waals surface area contributed by atoms with Crippen molar-refractivity contribution in [2.75, 3.05) is 33.8 Å². The number of carbonyl (C=O) groups excluding carboxylic acids is 4. The number of carbonyl (C=O) groups is 4. The molecule has 2 N–H and O–H groups in total. The van der Waals surface area contributed by atoms with Crippen LogP contribution in [0.4, 0.5) is 0 Å². The molecule has 1 aromatic rings. The van der Waals surface area contributed by atoms with E-state index >= 15 is 0 Å². The Labute approximate surface area is 284 Å². The molecule has 2 saturated heterocycles. The van der Waals surface area contributed by atoms with E-state index in [2.05, 4.69) is 19.2 Å². The number of nitrogens with one attached hydrogen (secondary N) is 1. The third-order valence-corrected chi connectivity index (χ3v) is 9.24. The summed E-state index contributed by atoms with van der Waals surface area (Å²) in [6.45, 7) is 4.66. The van der Waals surface area contributed by atoms with Crippen LogP contribution in [0.15, 0.2) is 42.0 Å². The summed E-state index contributed by atoms with van der Waals surface area (Å²) in [4.78, 5) is 55.6. The molecule has 11 heteroatoms. The molecule has 264 valence electrons. The molecule has 0 saturated carbocycles. The molecule has 3 amide bonds. The first kappa shape index (κ1) is 37.3. The van der Waals surface area contributed by atoms with Crippen LogP contribution in [0.25, 0.3) is 6.08 Å². The van der Waals surface area contributed by atoms with E-state index in [0.29, 0.717) is 48.9 Å². The second-order valence-corrected chi connectivity index (χ2v) is 13.2. The lowest BCUT2D eigenvalue weighted by atomic mass is 9.91. The summed E-state index contributed by atoms with van der Waals surface area (Å²) < 4.78 is 19.6. The first-order chi connectivity index (χ1) is 23.1. The zero-order valence-electron chi connectivity index (χ0n) is 28.9. The molecule has 11 nitrogen and oxygen atoms in total. The van der Waals surface area contributed by atoms with Crippen molar-refractivity contribution in [2.24, 2.45) is 0 Å². The topological polar surface area (TPSA) is 135 Å². The van der Waals surface area contributed by atoms with Crippen LogP contribution >= 0.6 is 0 Å². The van der Waals surface area contributed by atoms with Gasteiger partial charge in [-0.3, -0.25) is 14.4 Å². The Balaban J connectivity index is 1.61. The number of nitrogens with zero attached hydrogens (tertiary/aromatic N) is 2. The largest absolute Gasteiger partial charge is 0.456 e. The minimum Gasteiger partial charge on any atom is -0.456 e. The van der Waals surface area contributed by atoms with Crippen LogP contribution in [0, 0.1) is 0 Å². The maximum absolute atomic E-state index is 14.0. The number of ether oxygens (including phenoxy) is 3. The zero-order valence-corrected chi connectivity index (χ0v) is 28.9. The van der Waals surface area contributed by atoms with Crippen molar-refractivity contribution < 1.29 is 38.5 Å². The summed E-state index contributed by atoms with van der Waals surface area (Å²) in [5, 5.41) is 11.9. The third-order valence-electron chi connectivity index (χ3n) is 9.24. The Kier molecular flexibility index (Phi) is 13.8. The van der Waals surface area contributed by atoms with Crippen LogP contribution in [0.3, 0.4) is 0 Å². The van der Waals surface area contributed by atoms with E-state index in [0.717, 1.165) is 38.5 Å². The van der Waals surface area contributed by atoms with Gasteiger partial charge in [-0.15, -0.1) is 0 Å². The number of hydrogen-bond donors (Lipinski definition) is 2. The van der Waals surface area contributed by atoms with E-state index < -0.39 is 36.1 Å².